The van der Waals surface area contributed by atoms with Crippen LogP contribution >= 0.6 is 0 Å². The highest BCUT2D eigenvalue weighted by Gasteiger charge is 2.24. The number of fused-ring (bicyclic) bond motifs is 1. The zero-order valence-electron chi connectivity index (χ0n) is 17.6. The summed E-state index contributed by atoms with van der Waals surface area (Å²) in [4.78, 5) is 17.8. The highest BCUT2D eigenvalue weighted by atomic mass is 16.5. The molecule has 0 radical (unpaired) electrons. The summed E-state index contributed by atoms with van der Waals surface area (Å²) < 4.78 is 6.96. The number of aromatic nitrogens is 3. The second kappa shape index (κ2) is 6.93. The molecule has 0 spiro atoms. The minimum atomic E-state index is -0.358. The second-order valence-corrected chi connectivity index (χ2v) is 9.01. The Morgan fingerprint density at radius 1 is 1.07 bits per heavy atom. The van der Waals surface area contributed by atoms with E-state index in [1.807, 2.05) is 51.1 Å². The predicted molar refractivity (Wildman–Crippen MR) is 111 cm³/mol. The maximum atomic E-state index is 13.0. The number of amides is 1. The summed E-state index contributed by atoms with van der Waals surface area (Å²) in [6, 6.07) is 11.4. The van der Waals surface area contributed by atoms with Crippen LogP contribution in [0.2, 0.25) is 0 Å². The lowest BCUT2D eigenvalue weighted by Gasteiger charge is -2.21. The fraction of sp³-hybridized carbons (Fsp3) is 0.409. The van der Waals surface area contributed by atoms with E-state index in [9.17, 15) is 4.79 Å². The van der Waals surface area contributed by atoms with Crippen LogP contribution in [0.5, 0.6) is 5.75 Å². The number of methoxy groups -OCH3 is 1. The van der Waals surface area contributed by atoms with Crippen LogP contribution in [0.3, 0.4) is 0 Å². The van der Waals surface area contributed by atoms with E-state index in [1.165, 1.54) is 0 Å². The molecule has 0 saturated heterocycles. The van der Waals surface area contributed by atoms with Crippen molar-refractivity contribution in [1.82, 2.24) is 19.9 Å². The number of hydrogen-bond donors (Lipinski definition) is 1. The van der Waals surface area contributed by atoms with Gasteiger partial charge < -0.3 is 10.1 Å². The third kappa shape index (κ3) is 4.16. The lowest BCUT2D eigenvalue weighted by molar-refractivity contribution is 0.0911. The van der Waals surface area contributed by atoms with E-state index >= 15 is 0 Å². The molecule has 6 nitrogen and oxygen atoms in total. The summed E-state index contributed by atoms with van der Waals surface area (Å²) >= 11 is 0. The normalized spacial score (nSPS) is 12.2. The van der Waals surface area contributed by atoms with Crippen molar-refractivity contribution in [3.63, 3.8) is 0 Å². The zero-order chi connectivity index (χ0) is 20.7. The number of nitrogens with zero attached hydrogens (tertiary/aromatic N) is 3. The third-order valence-electron chi connectivity index (χ3n) is 4.28. The molecule has 6 heteroatoms. The Hall–Kier alpha value is -2.89. The molecule has 3 rings (SSSR count). The van der Waals surface area contributed by atoms with Crippen molar-refractivity contribution in [3.05, 3.63) is 47.8 Å². The quantitative estimate of drug-likeness (QED) is 0.738. The minimum Gasteiger partial charge on any atom is -0.497 e. The Kier molecular flexibility index (Phi) is 4.91. The molecule has 0 fully saturated rings. The van der Waals surface area contributed by atoms with Gasteiger partial charge in [0.2, 0.25) is 0 Å². The fourth-order valence-corrected chi connectivity index (χ4v) is 2.84. The molecule has 0 unspecified atom stereocenters. The summed E-state index contributed by atoms with van der Waals surface area (Å²) in [5.74, 6) is 0.552. The van der Waals surface area contributed by atoms with Gasteiger partial charge in [-0.3, -0.25) is 4.79 Å². The Morgan fingerprint density at radius 3 is 2.39 bits per heavy atom. The highest BCUT2D eigenvalue weighted by Crippen LogP contribution is 2.27. The first-order valence-electron chi connectivity index (χ1n) is 9.36. The molecule has 0 aliphatic carbocycles. The minimum absolute atomic E-state index is 0.151. The Morgan fingerprint density at radius 2 is 1.79 bits per heavy atom. The smallest absolute Gasteiger partial charge is 0.270 e. The van der Waals surface area contributed by atoms with E-state index in [1.54, 1.807) is 17.7 Å². The highest BCUT2D eigenvalue weighted by molar-refractivity contribution is 5.94. The number of hydrogen-bond acceptors (Lipinski definition) is 4. The van der Waals surface area contributed by atoms with Gasteiger partial charge in [-0.1, -0.05) is 32.9 Å². The Bertz CT molecular complexity index is 1020. The Balaban J connectivity index is 2.22. The van der Waals surface area contributed by atoms with E-state index in [0.717, 1.165) is 17.0 Å². The van der Waals surface area contributed by atoms with E-state index in [-0.39, 0.29) is 16.9 Å². The summed E-state index contributed by atoms with van der Waals surface area (Å²) in [6.45, 7) is 12.1. The molecule has 0 aliphatic heterocycles. The van der Waals surface area contributed by atoms with Crippen molar-refractivity contribution in [2.45, 2.75) is 52.5 Å². The number of rotatable bonds is 3. The molecule has 1 amide bonds. The van der Waals surface area contributed by atoms with Crippen molar-refractivity contribution in [3.8, 4) is 17.0 Å². The standard InChI is InChI=1S/C22H28N4O2/c1-21(2,3)18-13-19-23-16(14-9-8-10-15(11-14)28-7)12-17(26(19)25-18)20(27)24-22(4,5)6/h8-13H,1-7H3,(H,24,27). The number of carbonyl (C=O) groups excluding carboxylic acids is 1. The topological polar surface area (TPSA) is 68.5 Å². The number of ether oxygens (including phenoxy) is 1. The molecule has 0 saturated carbocycles. The molecule has 1 aromatic carbocycles. The maximum absolute atomic E-state index is 13.0. The van der Waals surface area contributed by atoms with Gasteiger partial charge in [-0.15, -0.1) is 0 Å². The first kappa shape index (κ1) is 19.9. The van der Waals surface area contributed by atoms with Crippen LogP contribution in [-0.2, 0) is 5.41 Å². The van der Waals surface area contributed by atoms with Gasteiger partial charge in [0.25, 0.3) is 5.91 Å². The summed E-state index contributed by atoms with van der Waals surface area (Å²) in [7, 11) is 1.63. The fourth-order valence-electron chi connectivity index (χ4n) is 2.84. The van der Waals surface area contributed by atoms with Gasteiger partial charge in [-0.05, 0) is 39.0 Å². The Labute approximate surface area is 165 Å². The van der Waals surface area contributed by atoms with E-state index < -0.39 is 0 Å². The summed E-state index contributed by atoms with van der Waals surface area (Å²) in [5.41, 5.74) is 3.05. The van der Waals surface area contributed by atoms with Crippen LogP contribution in [0.1, 0.15) is 57.7 Å². The van der Waals surface area contributed by atoms with Gasteiger partial charge in [0, 0.05) is 22.6 Å². The number of carbonyl (C=O) groups is 1. The molecule has 3 aromatic rings. The van der Waals surface area contributed by atoms with Gasteiger partial charge >= 0.3 is 0 Å². The molecular formula is C22H28N4O2. The largest absolute Gasteiger partial charge is 0.497 e. The molecule has 2 heterocycles. The van der Waals surface area contributed by atoms with Crippen LogP contribution in [-0.4, -0.2) is 33.2 Å². The SMILES string of the molecule is COc1cccc(-c2cc(C(=O)NC(C)(C)C)n3nc(C(C)(C)C)cc3n2)c1. The summed E-state index contributed by atoms with van der Waals surface area (Å²) in [5, 5.41) is 7.70. The molecule has 28 heavy (non-hydrogen) atoms. The molecule has 148 valence electrons. The van der Waals surface area contributed by atoms with E-state index in [2.05, 4.69) is 31.2 Å². The zero-order valence-corrected chi connectivity index (χ0v) is 17.6. The van der Waals surface area contributed by atoms with Gasteiger partial charge in [-0.25, -0.2) is 9.50 Å². The van der Waals surface area contributed by atoms with Crippen molar-refractivity contribution in [1.29, 1.82) is 0 Å². The van der Waals surface area contributed by atoms with Crippen molar-refractivity contribution in [2.24, 2.45) is 0 Å². The van der Waals surface area contributed by atoms with Crippen LogP contribution in [0.25, 0.3) is 16.9 Å². The molecule has 2 aromatic heterocycles. The maximum Gasteiger partial charge on any atom is 0.270 e. The molecule has 1 N–H and O–H groups in total. The lowest BCUT2D eigenvalue weighted by atomic mass is 9.93. The number of benzene rings is 1. The first-order chi connectivity index (χ1) is 13.0. The average Bonchev–Trinajstić information content (AvgIpc) is 3.04. The first-order valence-corrected chi connectivity index (χ1v) is 9.36. The molecular weight excluding hydrogens is 352 g/mol. The van der Waals surface area contributed by atoms with Crippen molar-refractivity contribution in [2.75, 3.05) is 7.11 Å². The molecule has 0 atom stereocenters. The van der Waals surface area contributed by atoms with Crippen LogP contribution in [0, 0.1) is 0 Å². The van der Waals surface area contributed by atoms with Crippen molar-refractivity contribution < 1.29 is 9.53 Å². The summed E-state index contributed by atoms with van der Waals surface area (Å²) in [6.07, 6.45) is 0. The number of nitrogens with one attached hydrogen (secondary N) is 1. The lowest BCUT2D eigenvalue weighted by Crippen LogP contribution is -2.41. The van der Waals surface area contributed by atoms with Crippen LogP contribution in [0.4, 0.5) is 0 Å². The average molecular weight is 380 g/mol. The van der Waals surface area contributed by atoms with Gasteiger partial charge in [0.15, 0.2) is 5.65 Å². The second-order valence-electron chi connectivity index (χ2n) is 9.01. The third-order valence-corrected chi connectivity index (χ3v) is 4.28. The van der Waals surface area contributed by atoms with Gasteiger partial charge in [0.05, 0.1) is 18.5 Å². The van der Waals surface area contributed by atoms with Crippen LogP contribution < -0.4 is 10.1 Å². The predicted octanol–water partition coefficient (Wildman–Crippen LogP) is 4.23. The van der Waals surface area contributed by atoms with Gasteiger partial charge in [0.1, 0.15) is 11.4 Å². The van der Waals surface area contributed by atoms with Gasteiger partial charge in [-0.2, -0.15) is 5.10 Å². The van der Waals surface area contributed by atoms with E-state index in [4.69, 9.17) is 9.72 Å². The van der Waals surface area contributed by atoms with Crippen molar-refractivity contribution >= 4 is 11.6 Å². The van der Waals surface area contributed by atoms with Crippen LogP contribution in [0.15, 0.2) is 36.4 Å². The molecule has 0 aliphatic rings. The molecule has 0 bridgehead atoms. The van der Waals surface area contributed by atoms with E-state index in [0.29, 0.717) is 17.0 Å². The monoisotopic (exact) mass is 380 g/mol.